The fraction of sp³-hybridized carbons (Fsp3) is 0.308. The molecule has 0 aliphatic carbocycles. The first-order chi connectivity index (χ1) is 9.31. The van der Waals surface area contributed by atoms with Crippen molar-refractivity contribution < 1.29 is 19.0 Å². The molecule has 0 fully saturated rings. The maximum Gasteiger partial charge on any atom is 0.189 e. The van der Waals surface area contributed by atoms with E-state index in [9.17, 15) is 4.79 Å². The minimum Gasteiger partial charge on any atom is -0.486 e. The zero-order valence-corrected chi connectivity index (χ0v) is 13.3. The molecule has 0 aliphatic heterocycles. The van der Waals surface area contributed by atoms with Crippen LogP contribution in [0.1, 0.15) is 10.4 Å². The molecule has 0 radical (unpaired) electrons. The van der Waals surface area contributed by atoms with E-state index >= 15 is 0 Å². The molecule has 6 heteroatoms. The van der Waals surface area contributed by atoms with E-state index in [4.69, 9.17) is 14.2 Å². The Morgan fingerprint density at radius 3 is 2.84 bits per heavy atom. The van der Waals surface area contributed by atoms with E-state index in [1.54, 1.807) is 33.2 Å². The van der Waals surface area contributed by atoms with Crippen LogP contribution in [-0.4, -0.2) is 32.0 Å². The lowest BCUT2D eigenvalue weighted by atomic mass is 10.2. The van der Waals surface area contributed by atoms with Crippen LogP contribution in [0.4, 0.5) is 0 Å². The summed E-state index contributed by atoms with van der Waals surface area (Å²) in [5, 5.41) is 0. The quantitative estimate of drug-likeness (QED) is 0.200. The third-order valence-corrected chi connectivity index (χ3v) is 3.71. The van der Waals surface area contributed by atoms with Crippen molar-refractivity contribution in [2.45, 2.75) is 0 Å². The highest BCUT2D eigenvalue weighted by atomic mass is 127. The molecule has 0 N–H and O–H groups in total. The number of hydrogen-bond donors (Lipinski definition) is 0. The Kier molecular flexibility index (Phi) is 8.68. The van der Waals surface area contributed by atoms with Crippen LogP contribution in [0.3, 0.4) is 0 Å². The summed E-state index contributed by atoms with van der Waals surface area (Å²) in [6, 6.07) is 5.00. The van der Waals surface area contributed by atoms with Gasteiger partial charge in [0.15, 0.2) is 18.3 Å². The molecule has 4 nitrogen and oxygen atoms in total. The number of rotatable bonds is 10. The van der Waals surface area contributed by atoms with Gasteiger partial charge in [-0.2, -0.15) is 0 Å². The predicted octanol–water partition coefficient (Wildman–Crippen LogP) is 3.50. The number of benzene rings is 1. The Morgan fingerprint density at radius 1 is 1.32 bits per heavy atom. The van der Waals surface area contributed by atoms with Crippen LogP contribution in [0.25, 0.3) is 0 Å². The van der Waals surface area contributed by atoms with Crippen LogP contribution in [0.2, 0.25) is 0 Å². The van der Waals surface area contributed by atoms with Crippen molar-refractivity contribution in [1.29, 1.82) is 0 Å². The van der Waals surface area contributed by atoms with Gasteiger partial charge in [-0.05, 0) is 39.4 Å². The second kappa shape index (κ2) is 10.1. The lowest BCUT2D eigenvalue weighted by Crippen LogP contribution is -2.07. The average molecular weight is 394 g/mol. The molecule has 0 spiro atoms. The van der Waals surface area contributed by atoms with Gasteiger partial charge in [0.25, 0.3) is 0 Å². The zero-order chi connectivity index (χ0) is 13.9. The molecule has 104 valence electrons. The smallest absolute Gasteiger partial charge is 0.189 e. The number of hydrogen-bond acceptors (Lipinski definition) is 5. The van der Waals surface area contributed by atoms with Crippen LogP contribution in [0.5, 0.6) is 11.5 Å². The normalized spacial score (nSPS) is 9.95. The van der Waals surface area contributed by atoms with Crippen LogP contribution >= 0.6 is 30.1 Å². The molecule has 0 saturated carbocycles. The van der Waals surface area contributed by atoms with E-state index < -0.39 is 0 Å². The minimum absolute atomic E-state index is 0.129. The maximum atomic E-state index is 10.8. The Morgan fingerprint density at radius 2 is 2.16 bits per heavy atom. The van der Waals surface area contributed by atoms with Crippen molar-refractivity contribution in [1.82, 2.24) is 0 Å². The highest BCUT2D eigenvalue weighted by Gasteiger charge is 2.06. The van der Waals surface area contributed by atoms with Crippen molar-refractivity contribution in [2.75, 3.05) is 25.8 Å². The second-order valence-corrected chi connectivity index (χ2v) is 5.90. The molecule has 1 aromatic rings. The summed E-state index contributed by atoms with van der Waals surface area (Å²) in [5.74, 6) is 1.96. The summed E-state index contributed by atoms with van der Waals surface area (Å²) < 4.78 is 16.2. The number of aldehydes is 1. The standard InChI is InChI=1S/C13H15IO4S/c1-2-5-17-12-4-3-11(9-15)8-13(12)18-10-16-6-7-19-14/h2-4,8-9H,1,5-7,10H2. The van der Waals surface area contributed by atoms with Gasteiger partial charge in [-0.15, -0.1) is 0 Å². The summed E-state index contributed by atoms with van der Waals surface area (Å²) in [6.07, 6.45) is 2.41. The molecular formula is C13H15IO4S. The van der Waals surface area contributed by atoms with E-state index in [0.29, 0.717) is 30.3 Å². The first-order valence-corrected chi connectivity index (χ1v) is 9.11. The highest BCUT2D eigenvalue weighted by Crippen LogP contribution is 2.28. The molecule has 0 aliphatic rings. The Bertz CT molecular complexity index is 412. The monoisotopic (exact) mass is 394 g/mol. The fourth-order valence-corrected chi connectivity index (χ4v) is 1.95. The van der Waals surface area contributed by atoms with Gasteiger partial charge in [-0.1, -0.05) is 21.6 Å². The van der Waals surface area contributed by atoms with Gasteiger partial charge >= 0.3 is 0 Å². The number of carbonyl (C=O) groups is 1. The van der Waals surface area contributed by atoms with E-state index in [1.807, 2.05) is 0 Å². The molecule has 0 saturated heterocycles. The number of halogens is 1. The lowest BCUT2D eigenvalue weighted by molar-refractivity contribution is 0.0221. The first-order valence-electron chi connectivity index (χ1n) is 5.58. The van der Waals surface area contributed by atoms with E-state index in [1.165, 1.54) is 0 Å². The molecule has 1 rings (SSSR count). The molecular weight excluding hydrogens is 379 g/mol. The third-order valence-electron chi connectivity index (χ3n) is 2.06. The highest BCUT2D eigenvalue weighted by molar-refractivity contribution is 14.2. The Balaban J connectivity index is 2.60. The number of carbonyl (C=O) groups excluding carboxylic acids is 1. The van der Waals surface area contributed by atoms with Crippen molar-refractivity contribution in [2.24, 2.45) is 0 Å². The molecule has 0 bridgehead atoms. The van der Waals surface area contributed by atoms with Gasteiger partial charge < -0.3 is 14.2 Å². The third kappa shape index (κ3) is 6.31. The Hall–Kier alpha value is -0.730. The van der Waals surface area contributed by atoms with E-state index in [0.717, 1.165) is 12.0 Å². The van der Waals surface area contributed by atoms with Crippen molar-refractivity contribution in [3.63, 3.8) is 0 Å². The zero-order valence-electron chi connectivity index (χ0n) is 10.3. The van der Waals surface area contributed by atoms with Gasteiger partial charge in [-0.3, -0.25) is 4.79 Å². The molecule has 19 heavy (non-hydrogen) atoms. The fourth-order valence-electron chi connectivity index (χ4n) is 1.23. The summed E-state index contributed by atoms with van der Waals surface area (Å²) >= 11 is 2.21. The predicted molar refractivity (Wildman–Crippen MR) is 85.4 cm³/mol. The van der Waals surface area contributed by atoms with Crippen molar-refractivity contribution in [3.05, 3.63) is 36.4 Å². The van der Waals surface area contributed by atoms with Crippen LogP contribution < -0.4 is 9.47 Å². The summed E-state index contributed by atoms with van der Waals surface area (Å²) in [7, 11) is 1.68. The lowest BCUT2D eigenvalue weighted by Gasteiger charge is -2.12. The first kappa shape index (κ1) is 16.3. The Labute approximate surface area is 129 Å². The molecule has 0 amide bonds. The van der Waals surface area contributed by atoms with E-state index in [-0.39, 0.29) is 6.79 Å². The van der Waals surface area contributed by atoms with Gasteiger partial charge in [0.1, 0.15) is 12.9 Å². The summed E-state index contributed by atoms with van der Waals surface area (Å²) in [6.45, 7) is 4.71. The molecule has 0 atom stereocenters. The average Bonchev–Trinajstić information content (AvgIpc) is 2.45. The molecule has 0 aromatic heterocycles. The molecule has 0 heterocycles. The number of ether oxygens (including phenoxy) is 3. The van der Waals surface area contributed by atoms with Crippen molar-refractivity contribution >= 4 is 36.4 Å². The summed E-state index contributed by atoms with van der Waals surface area (Å²) in [4.78, 5) is 10.8. The minimum atomic E-state index is 0.129. The van der Waals surface area contributed by atoms with Gasteiger partial charge in [0, 0.05) is 11.3 Å². The van der Waals surface area contributed by atoms with E-state index in [2.05, 4.69) is 27.8 Å². The topological polar surface area (TPSA) is 44.8 Å². The SMILES string of the molecule is C=CCOc1ccc(C=O)cc1OCOCCSI. The van der Waals surface area contributed by atoms with Gasteiger partial charge in [-0.25, -0.2) is 0 Å². The summed E-state index contributed by atoms with van der Waals surface area (Å²) in [5.41, 5.74) is 0.531. The molecule has 1 aromatic carbocycles. The second-order valence-electron chi connectivity index (χ2n) is 3.41. The van der Waals surface area contributed by atoms with Crippen LogP contribution in [-0.2, 0) is 4.74 Å². The van der Waals surface area contributed by atoms with Gasteiger partial charge in [0.2, 0.25) is 0 Å². The van der Waals surface area contributed by atoms with Crippen LogP contribution in [0.15, 0.2) is 30.9 Å². The molecule has 0 unspecified atom stereocenters. The van der Waals surface area contributed by atoms with Crippen LogP contribution in [0, 0.1) is 0 Å². The van der Waals surface area contributed by atoms with Crippen molar-refractivity contribution in [3.8, 4) is 11.5 Å². The maximum absolute atomic E-state index is 10.8. The largest absolute Gasteiger partial charge is 0.486 e. The van der Waals surface area contributed by atoms with Gasteiger partial charge in [0.05, 0.1) is 6.61 Å².